The number of nitrogens with one attached hydrogen (secondary N) is 1. The van der Waals surface area contributed by atoms with Crippen molar-refractivity contribution in [3.05, 3.63) is 114 Å². The standard InChI is InChI=1S/C34H30N6O3/c1-21-30-31(24-14-8-11-17-27(24)41-2)39-26-16-10-9-15-25(26)36-32(35-22-18-19-28(42-3)29(20-22)43-4)34(39)37-33(30)40(38-21)23-12-6-5-7-13-23/h5-20,31H,1-4H3,(H,35,36)/t31-/m0/s1. The van der Waals surface area contributed by atoms with Gasteiger partial charge in [0.25, 0.3) is 0 Å². The molecule has 0 aliphatic carbocycles. The van der Waals surface area contributed by atoms with Crippen molar-refractivity contribution in [1.82, 2.24) is 9.78 Å². The lowest BCUT2D eigenvalue weighted by Gasteiger charge is -2.41. The van der Waals surface area contributed by atoms with Gasteiger partial charge in [-0.15, -0.1) is 0 Å². The predicted molar refractivity (Wildman–Crippen MR) is 169 cm³/mol. The van der Waals surface area contributed by atoms with Gasteiger partial charge in [-0.25, -0.2) is 14.7 Å². The summed E-state index contributed by atoms with van der Waals surface area (Å²) in [7, 11) is 4.94. The molecule has 1 atom stereocenters. The fourth-order valence-electron chi connectivity index (χ4n) is 5.78. The molecular weight excluding hydrogens is 540 g/mol. The topological polar surface area (TPSA) is 85.5 Å². The van der Waals surface area contributed by atoms with Crippen molar-refractivity contribution in [2.75, 3.05) is 31.5 Å². The van der Waals surface area contributed by atoms with Crippen LogP contribution in [0.3, 0.4) is 0 Å². The third-order valence-electron chi connectivity index (χ3n) is 7.72. The van der Waals surface area contributed by atoms with E-state index in [1.54, 1.807) is 21.3 Å². The number of anilines is 2. The Balaban J connectivity index is 1.48. The van der Waals surface area contributed by atoms with E-state index < -0.39 is 0 Å². The summed E-state index contributed by atoms with van der Waals surface area (Å²) in [6, 6.07) is 31.7. The SMILES string of the molecule is COc1ccc(NC2=Nc3ccccc3N3C2=Nc2c(c(C)nn2-c2ccccc2)[C@@H]3c2ccccc2OC)cc1OC. The zero-order valence-corrected chi connectivity index (χ0v) is 24.3. The minimum absolute atomic E-state index is 0.296. The molecule has 214 valence electrons. The number of amidine groups is 2. The van der Waals surface area contributed by atoms with Crippen LogP contribution < -0.4 is 24.4 Å². The van der Waals surface area contributed by atoms with E-state index in [9.17, 15) is 0 Å². The maximum atomic E-state index is 5.92. The first-order valence-electron chi connectivity index (χ1n) is 13.9. The van der Waals surface area contributed by atoms with Crippen LogP contribution in [0, 0.1) is 6.92 Å². The number of rotatable bonds is 6. The van der Waals surface area contributed by atoms with Gasteiger partial charge >= 0.3 is 0 Å². The van der Waals surface area contributed by atoms with Crippen LogP contribution in [0.2, 0.25) is 0 Å². The Labute approximate surface area is 249 Å². The highest BCUT2D eigenvalue weighted by Gasteiger charge is 2.42. The number of ether oxygens (including phenoxy) is 3. The molecule has 43 heavy (non-hydrogen) atoms. The zero-order valence-electron chi connectivity index (χ0n) is 24.3. The van der Waals surface area contributed by atoms with Crippen LogP contribution in [-0.2, 0) is 0 Å². The Morgan fingerprint density at radius 2 is 1.44 bits per heavy atom. The van der Waals surface area contributed by atoms with E-state index in [2.05, 4.69) is 22.3 Å². The van der Waals surface area contributed by atoms with Crippen molar-refractivity contribution >= 4 is 34.6 Å². The van der Waals surface area contributed by atoms with Crippen LogP contribution in [0.4, 0.5) is 22.9 Å². The van der Waals surface area contributed by atoms with Gasteiger partial charge in [0.05, 0.1) is 50.1 Å². The van der Waals surface area contributed by atoms with Crippen LogP contribution in [-0.4, -0.2) is 42.8 Å². The molecule has 9 nitrogen and oxygen atoms in total. The fourth-order valence-corrected chi connectivity index (χ4v) is 5.78. The maximum Gasteiger partial charge on any atom is 0.179 e. The molecule has 3 heterocycles. The summed E-state index contributed by atoms with van der Waals surface area (Å²) >= 11 is 0. The number of benzene rings is 4. The average molecular weight is 571 g/mol. The first kappa shape index (κ1) is 26.3. The molecule has 2 aliphatic heterocycles. The molecule has 0 saturated heterocycles. The summed E-state index contributed by atoms with van der Waals surface area (Å²) in [5.41, 5.74) is 6.34. The third kappa shape index (κ3) is 4.37. The Morgan fingerprint density at radius 1 is 0.721 bits per heavy atom. The predicted octanol–water partition coefficient (Wildman–Crippen LogP) is 7.00. The third-order valence-corrected chi connectivity index (χ3v) is 7.72. The van der Waals surface area contributed by atoms with Crippen LogP contribution >= 0.6 is 0 Å². The molecular formula is C34H30N6O3. The maximum absolute atomic E-state index is 5.92. The largest absolute Gasteiger partial charge is 0.496 e. The Bertz CT molecular complexity index is 1900. The van der Waals surface area contributed by atoms with Crippen molar-refractivity contribution in [3.63, 3.8) is 0 Å². The first-order valence-corrected chi connectivity index (χ1v) is 13.9. The summed E-state index contributed by atoms with van der Waals surface area (Å²) in [5.74, 6) is 4.03. The summed E-state index contributed by atoms with van der Waals surface area (Å²) in [4.78, 5) is 12.6. The number of aromatic nitrogens is 2. The Morgan fingerprint density at radius 3 is 2.23 bits per heavy atom. The molecule has 0 saturated carbocycles. The summed E-state index contributed by atoms with van der Waals surface area (Å²) in [6.07, 6.45) is 0. The molecule has 0 amide bonds. The minimum atomic E-state index is -0.296. The second-order valence-electron chi connectivity index (χ2n) is 10.2. The van der Waals surface area contributed by atoms with Gasteiger partial charge in [-0.05, 0) is 49.4 Å². The van der Waals surface area contributed by atoms with E-state index in [-0.39, 0.29) is 6.04 Å². The van der Waals surface area contributed by atoms with Gasteiger partial charge in [-0.3, -0.25) is 0 Å². The normalized spacial score (nSPS) is 15.0. The number of para-hydroxylation sites is 4. The molecule has 0 spiro atoms. The van der Waals surface area contributed by atoms with Crippen molar-refractivity contribution in [2.24, 2.45) is 9.98 Å². The molecule has 7 rings (SSSR count). The van der Waals surface area contributed by atoms with Crippen LogP contribution in [0.1, 0.15) is 22.9 Å². The molecule has 2 aliphatic rings. The molecule has 5 aromatic rings. The lowest BCUT2D eigenvalue weighted by atomic mass is 9.92. The van der Waals surface area contributed by atoms with Gasteiger partial charge in [0.15, 0.2) is 29.0 Å². The van der Waals surface area contributed by atoms with Crippen molar-refractivity contribution < 1.29 is 14.2 Å². The number of aryl methyl sites for hydroxylation is 1. The van der Waals surface area contributed by atoms with E-state index in [0.29, 0.717) is 23.2 Å². The lowest BCUT2D eigenvalue weighted by Crippen LogP contribution is -2.46. The van der Waals surface area contributed by atoms with E-state index in [0.717, 1.165) is 51.1 Å². The van der Waals surface area contributed by atoms with Gasteiger partial charge in [-0.1, -0.05) is 48.5 Å². The number of fused-ring (bicyclic) bond motifs is 4. The van der Waals surface area contributed by atoms with E-state index >= 15 is 0 Å². The molecule has 1 N–H and O–H groups in total. The quantitative estimate of drug-likeness (QED) is 0.237. The van der Waals surface area contributed by atoms with Crippen LogP contribution in [0.25, 0.3) is 5.69 Å². The van der Waals surface area contributed by atoms with E-state index in [1.807, 2.05) is 96.5 Å². The highest BCUT2D eigenvalue weighted by Crippen LogP contribution is 2.49. The second-order valence-corrected chi connectivity index (χ2v) is 10.2. The number of aliphatic imine (C=N–C) groups is 2. The monoisotopic (exact) mass is 570 g/mol. The summed E-state index contributed by atoms with van der Waals surface area (Å²) in [5, 5.41) is 8.54. The average Bonchev–Trinajstić information content (AvgIpc) is 3.39. The van der Waals surface area contributed by atoms with Crippen molar-refractivity contribution in [1.29, 1.82) is 0 Å². The first-order chi connectivity index (χ1) is 21.1. The number of hydrogen-bond acceptors (Lipinski definition) is 8. The smallest absolute Gasteiger partial charge is 0.179 e. The van der Waals surface area contributed by atoms with Gasteiger partial charge in [0.1, 0.15) is 5.75 Å². The zero-order chi connectivity index (χ0) is 29.5. The number of methoxy groups -OCH3 is 3. The molecule has 9 heteroatoms. The second kappa shape index (κ2) is 10.7. The Kier molecular flexibility index (Phi) is 6.54. The molecule has 4 aromatic carbocycles. The molecule has 0 unspecified atom stereocenters. The van der Waals surface area contributed by atoms with Crippen molar-refractivity contribution in [2.45, 2.75) is 13.0 Å². The summed E-state index contributed by atoms with van der Waals surface area (Å²) < 4.78 is 18.9. The van der Waals surface area contributed by atoms with Gasteiger partial charge in [0, 0.05) is 22.9 Å². The molecule has 0 radical (unpaired) electrons. The number of nitrogens with zero attached hydrogens (tertiary/aromatic N) is 5. The highest BCUT2D eigenvalue weighted by molar-refractivity contribution is 6.51. The van der Waals surface area contributed by atoms with E-state index in [4.69, 9.17) is 29.3 Å². The van der Waals surface area contributed by atoms with Gasteiger partial charge < -0.3 is 24.4 Å². The van der Waals surface area contributed by atoms with Crippen molar-refractivity contribution in [3.8, 4) is 22.9 Å². The van der Waals surface area contributed by atoms with Gasteiger partial charge in [-0.2, -0.15) is 5.10 Å². The highest BCUT2D eigenvalue weighted by atomic mass is 16.5. The Hall–Kier alpha value is -5.57. The van der Waals surface area contributed by atoms with Gasteiger partial charge in [0.2, 0.25) is 0 Å². The molecule has 0 bridgehead atoms. The molecule has 1 aromatic heterocycles. The lowest BCUT2D eigenvalue weighted by molar-refractivity contribution is 0.355. The summed E-state index contributed by atoms with van der Waals surface area (Å²) in [6.45, 7) is 2.04. The fraction of sp³-hybridized carbons (Fsp3) is 0.147. The van der Waals surface area contributed by atoms with Crippen LogP contribution in [0.5, 0.6) is 17.2 Å². The van der Waals surface area contributed by atoms with E-state index in [1.165, 1.54) is 0 Å². The minimum Gasteiger partial charge on any atom is -0.496 e. The molecule has 0 fully saturated rings. The number of hydrogen-bond donors (Lipinski definition) is 1. The van der Waals surface area contributed by atoms with Crippen LogP contribution in [0.15, 0.2) is 107 Å².